The second-order valence-electron chi connectivity index (χ2n) is 5.85. The number of nitrogens with zero attached hydrogens (tertiary/aromatic N) is 3. The van der Waals surface area contributed by atoms with Crippen molar-refractivity contribution in [3.63, 3.8) is 0 Å². The highest BCUT2D eigenvalue weighted by Crippen LogP contribution is 2.01. The van der Waals surface area contributed by atoms with Crippen LogP contribution in [0.15, 0.2) is 0 Å². The predicted molar refractivity (Wildman–Crippen MR) is 98.4 cm³/mol. The summed E-state index contributed by atoms with van der Waals surface area (Å²) in [6.45, 7) is -1.67. The third kappa shape index (κ3) is 13.9. The van der Waals surface area contributed by atoms with E-state index in [2.05, 4.69) is 0 Å². The molecule has 0 aliphatic rings. The minimum Gasteiger partial charge on any atom is -0.480 e. The summed E-state index contributed by atoms with van der Waals surface area (Å²) in [5.41, 5.74) is 0. The van der Waals surface area contributed by atoms with Crippen LogP contribution in [0.2, 0.25) is 0 Å². The topological polar surface area (TPSA) is 176 Å². The van der Waals surface area contributed by atoms with Crippen molar-refractivity contribution < 1.29 is 44.4 Å². The Morgan fingerprint density at radius 1 is 0.571 bits per heavy atom. The first-order valence-corrected chi connectivity index (χ1v) is 9.37. The lowest BCUT2D eigenvalue weighted by Crippen LogP contribution is -2.45. The van der Waals surface area contributed by atoms with E-state index in [9.17, 15) is 24.0 Å². The Balaban J connectivity index is 4.90. The molecule has 0 rings (SSSR count). The monoisotopic (exact) mass is 423 g/mol. The zero-order valence-corrected chi connectivity index (χ0v) is 16.3. The van der Waals surface area contributed by atoms with Gasteiger partial charge in [0.1, 0.15) is 0 Å². The maximum Gasteiger partial charge on any atom is 0.317 e. The van der Waals surface area contributed by atoms with Gasteiger partial charge in [0.05, 0.1) is 32.7 Å². The van der Waals surface area contributed by atoms with E-state index in [0.29, 0.717) is 0 Å². The molecule has 12 nitrogen and oxygen atoms in total. The molecule has 0 aromatic carbocycles. The fourth-order valence-electron chi connectivity index (χ4n) is 2.28. The highest BCUT2D eigenvalue weighted by Gasteiger charge is 2.19. The van der Waals surface area contributed by atoms with E-state index in [1.807, 2.05) is 0 Å². The third-order valence-electron chi connectivity index (χ3n) is 3.48. The molecule has 13 heteroatoms. The largest absolute Gasteiger partial charge is 0.480 e. The van der Waals surface area contributed by atoms with Crippen molar-refractivity contribution in [1.29, 1.82) is 0 Å². The van der Waals surface area contributed by atoms with Gasteiger partial charge in [0.2, 0.25) is 5.12 Å². The van der Waals surface area contributed by atoms with Gasteiger partial charge in [0, 0.05) is 26.2 Å². The summed E-state index contributed by atoms with van der Waals surface area (Å²) < 4.78 is 0. The Morgan fingerprint density at radius 3 is 1.18 bits per heavy atom. The van der Waals surface area contributed by atoms with Crippen LogP contribution in [0.1, 0.15) is 0 Å². The molecule has 0 atom stereocenters. The van der Waals surface area contributed by atoms with Gasteiger partial charge < -0.3 is 20.4 Å². The molecule has 0 unspecified atom stereocenters. The predicted octanol–water partition coefficient (Wildman–Crippen LogP) is -1.88. The van der Waals surface area contributed by atoms with E-state index in [1.54, 1.807) is 6.26 Å². The number of aliphatic carboxylic acids is 4. The molecule has 4 N–H and O–H groups in total. The number of carbonyl (C=O) groups excluding carboxylic acids is 1. The molecule has 160 valence electrons. The molecule has 0 aromatic rings. The minimum atomic E-state index is -1.21. The van der Waals surface area contributed by atoms with E-state index in [4.69, 9.17) is 20.4 Å². The summed E-state index contributed by atoms with van der Waals surface area (Å²) in [4.78, 5) is 59.1. The van der Waals surface area contributed by atoms with Gasteiger partial charge >= 0.3 is 23.9 Å². The van der Waals surface area contributed by atoms with E-state index >= 15 is 0 Å². The highest BCUT2D eigenvalue weighted by atomic mass is 32.2. The fourth-order valence-corrected chi connectivity index (χ4v) is 2.59. The van der Waals surface area contributed by atoms with Crippen molar-refractivity contribution in [2.45, 2.75) is 0 Å². The molecule has 0 aliphatic heterocycles. The first kappa shape index (κ1) is 25.8. The van der Waals surface area contributed by atoms with Crippen molar-refractivity contribution in [3.8, 4) is 0 Å². The maximum absolute atomic E-state index is 11.5. The number of carboxylic acid groups (broad SMARTS) is 4. The van der Waals surface area contributed by atoms with Crippen molar-refractivity contribution >= 4 is 40.8 Å². The van der Waals surface area contributed by atoms with Gasteiger partial charge in [-0.15, -0.1) is 0 Å². The smallest absolute Gasteiger partial charge is 0.317 e. The first-order chi connectivity index (χ1) is 13.0. The second-order valence-corrected chi connectivity index (χ2v) is 6.71. The van der Waals surface area contributed by atoms with Crippen LogP contribution in [0.3, 0.4) is 0 Å². The quantitative estimate of drug-likeness (QED) is 0.217. The standard InChI is InChI=1S/C15H25N3O9S/c1-28-15(27)10-18(9-14(25)26)5-3-16(6-11(19)20)2-4-17(7-12(21)22)8-13(23)24/h2-10H2,1H3,(H,19,20)(H,21,22)(H,23,24)(H,25,26). The lowest BCUT2D eigenvalue weighted by Gasteiger charge is -2.27. The van der Waals surface area contributed by atoms with Crippen molar-refractivity contribution in [2.75, 3.05) is 65.2 Å². The summed E-state index contributed by atoms with van der Waals surface area (Å²) >= 11 is 0.952. The zero-order chi connectivity index (χ0) is 21.7. The van der Waals surface area contributed by atoms with Gasteiger partial charge in [-0.2, -0.15) is 0 Å². The molecular weight excluding hydrogens is 398 g/mol. The average Bonchev–Trinajstić information content (AvgIpc) is 2.54. The van der Waals surface area contributed by atoms with E-state index in [-0.39, 0.29) is 37.8 Å². The average molecular weight is 423 g/mol. The molecule has 28 heavy (non-hydrogen) atoms. The molecule has 0 aliphatic carbocycles. The van der Waals surface area contributed by atoms with Crippen LogP contribution in [0.25, 0.3) is 0 Å². The van der Waals surface area contributed by atoms with Gasteiger partial charge in [0.25, 0.3) is 0 Å². The van der Waals surface area contributed by atoms with Gasteiger partial charge in [-0.05, 0) is 6.26 Å². The van der Waals surface area contributed by atoms with Crippen molar-refractivity contribution in [1.82, 2.24) is 14.7 Å². The Labute approximate surface area is 165 Å². The third-order valence-corrected chi connectivity index (χ3v) is 4.07. The molecule has 0 fully saturated rings. The Hall–Kier alpha value is -2.22. The molecule has 0 aromatic heterocycles. The number of carboxylic acids is 4. The highest BCUT2D eigenvalue weighted by molar-refractivity contribution is 8.13. The summed E-state index contributed by atoms with van der Waals surface area (Å²) in [6, 6.07) is 0. The zero-order valence-electron chi connectivity index (χ0n) is 15.4. The molecule has 0 spiro atoms. The second kappa shape index (κ2) is 13.9. The van der Waals surface area contributed by atoms with Crippen LogP contribution in [-0.4, -0.2) is 129 Å². The van der Waals surface area contributed by atoms with Crippen LogP contribution < -0.4 is 0 Å². The van der Waals surface area contributed by atoms with Gasteiger partial charge in [-0.1, -0.05) is 11.8 Å². The van der Waals surface area contributed by atoms with E-state index in [1.165, 1.54) is 9.80 Å². The molecular formula is C15H25N3O9S. The van der Waals surface area contributed by atoms with Crippen LogP contribution in [0, 0.1) is 0 Å². The lowest BCUT2D eigenvalue weighted by molar-refractivity contribution is -0.143. The molecule has 0 heterocycles. The molecule has 0 saturated heterocycles. The van der Waals surface area contributed by atoms with E-state index in [0.717, 1.165) is 16.7 Å². The van der Waals surface area contributed by atoms with Gasteiger partial charge in [0.15, 0.2) is 0 Å². The number of hydrogen-bond acceptors (Lipinski definition) is 9. The Kier molecular flexibility index (Phi) is 12.8. The fraction of sp³-hybridized carbons (Fsp3) is 0.667. The van der Waals surface area contributed by atoms with Gasteiger partial charge in [-0.3, -0.25) is 38.7 Å². The number of rotatable bonds is 16. The molecule has 0 amide bonds. The van der Waals surface area contributed by atoms with E-state index < -0.39 is 50.1 Å². The first-order valence-electron chi connectivity index (χ1n) is 8.14. The van der Waals surface area contributed by atoms with Crippen LogP contribution in [-0.2, 0) is 24.0 Å². The number of hydrogen-bond donors (Lipinski definition) is 4. The summed E-state index contributed by atoms with van der Waals surface area (Å²) in [7, 11) is 0. The molecule has 0 saturated carbocycles. The number of carbonyl (C=O) groups is 5. The SMILES string of the molecule is CSC(=O)CN(CCN(CCN(CC(=O)O)CC(=O)O)CC(=O)O)CC(=O)O. The summed E-state index contributed by atoms with van der Waals surface area (Å²) in [6.07, 6.45) is 1.57. The maximum atomic E-state index is 11.5. The molecule has 0 radical (unpaired) electrons. The normalized spacial score (nSPS) is 11.1. The Bertz CT molecular complexity index is 557. The van der Waals surface area contributed by atoms with Gasteiger partial charge in [-0.25, -0.2) is 0 Å². The number of thioether (sulfide) groups is 1. The summed E-state index contributed by atoms with van der Waals surface area (Å²) in [5.74, 6) is -4.70. The Morgan fingerprint density at radius 2 is 0.857 bits per heavy atom. The van der Waals surface area contributed by atoms with Crippen LogP contribution in [0.4, 0.5) is 0 Å². The van der Waals surface area contributed by atoms with Crippen molar-refractivity contribution in [2.24, 2.45) is 0 Å². The lowest BCUT2D eigenvalue weighted by atomic mass is 10.3. The summed E-state index contributed by atoms with van der Waals surface area (Å²) in [5, 5.41) is 35.4. The van der Waals surface area contributed by atoms with Crippen LogP contribution >= 0.6 is 11.8 Å². The molecule has 0 bridgehead atoms. The van der Waals surface area contributed by atoms with Crippen molar-refractivity contribution in [3.05, 3.63) is 0 Å². The van der Waals surface area contributed by atoms with Crippen LogP contribution in [0.5, 0.6) is 0 Å². The minimum absolute atomic E-state index is 0.00540.